The summed E-state index contributed by atoms with van der Waals surface area (Å²) in [6.45, 7) is 4.67. The number of carbonyl (C=O) groups is 1. The minimum Gasteiger partial charge on any atom is -0.372 e. The Balaban J connectivity index is 1.49. The van der Waals surface area contributed by atoms with Crippen molar-refractivity contribution in [2.45, 2.75) is 38.8 Å². The van der Waals surface area contributed by atoms with Crippen LogP contribution in [-0.2, 0) is 11.3 Å². The predicted molar refractivity (Wildman–Crippen MR) is 116 cm³/mol. The molecule has 0 aliphatic carbocycles. The number of amides is 1. The maximum atomic E-state index is 13.2. The second-order valence-corrected chi connectivity index (χ2v) is 7.63. The highest BCUT2D eigenvalue weighted by Gasteiger charge is 2.23. The zero-order chi connectivity index (χ0) is 20.1. The predicted octanol–water partition coefficient (Wildman–Crippen LogP) is 4.09. The van der Waals surface area contributed by atoms with E-state index in [9.17, 15) is 4.79 Å². The van der Waals surface area contributed by atoms with Gasteiger partial charge in [-0.25, -0.2) is 4.98 Å². The van der Waals surface area contributed by atoms with Gasteiger partial charge < -0.3 is 14.8 Å². The van der Waals surface area contributed by atoms with Crippen LogP contribution >= 0.6 is 0 Å². The van der Waals surface area contributed by atoms with Crippen molar-refractivity contribution < 1.29 is 4.79 Å². The van der Waals surface area contributed by atoms with Crippen molar-refractivity contribution in [2.24, 2.45) is 0 Å². The van der Waals surface area contributed by atoms with Gasteiger partial charge in [0.15, 0.2) is 0 Å². The van der Waals surface area contributed by atoms with Crippen LogP contribution < -0.4 is 10.2 Å². The largest absolute Gasteiger partial charge is 0.372 e. The number of benzene rings is 2. The lowest BCUT2D eigenvalue weighted by atomic mass is 10.1. The summed E-state index contributed by atoms with van der Waals surface area (Å²) in [7, 11) is 0. The Morgan fingerprint density at radius 3 is 2.59 bits per heavy atom. The second-order valence-electron chi connectivity index (χ2n) is 7.63. The first-order valence-electron chi connectivity index (χ1n) is 10.4. The summed E-state index contributed by atoms with van der Waals surface area (Å²) in [5, 5.41) is 3.14. The molecule has 150 valence electrons. The first-order valence-corrected chi connectivity index (χ1v) is 10.4. The molecule has 0 saturated carbocycles. The van der Waals surface area contributed by atoms with Gasteiger partial charge in [-0.15, -0.1) is 0 Å². The standard InChI is InChI=1S/C24H28N4O/c1-19-25-13-16-28(19)23(21-10-4-2-5-11-21)24(29)26-18-20-9-8-12-22(17-20)27-14-6-3-7-15-27/h2,4-5,8-13,16-17,23H,3,6-7,14-15,18H2,1H3,(H,26,29)/t23-/m1/s1. The smallest absolute Gasteiger partial charge is 0.248 e. The van der Waals surface area contributed by atoms with Crippen molar-refractivity contribution >= 4 is 11.6 Å². The molecule has 1 atom stereocenters. The molecule has 2 heterocycles. The number of piperidine rings is 1. The van der Waals surface area contributed by atoms with Gasteiger partial charge in [0.1, 0.15) is 11.9 Å². The van der Waals surface area contributed by atoms with Gasteiger partial charge in [0, 0.05) is 37.7 Å². The summed E-state index contributed by atoms with van der Waals surface area (Å²) < 4.78 is 1.93. The average molecular weight is 389 g/mol. The highest BCUT2D eigenvalue weighted by molar-refractivity contribution is 5.83. The van der Waals surface area contributed by atoms with E-state index in [-0.39, 0.29) is 5.91 Å². The SMILES string of the molecule is Cc1nccn1[C@@H](C(=O)NCc1cccc(N2CCCCC2)c1)c1ccccc1. The van der Waals surface area contributed by atoms with Gasteiger partial charge in [0.05, 0.1) is 0 Å². The van der Waals surface area contributed by atoms with Crippen molar-refractivity contribution in [3.05, 3.63) is 83.9 Å². The van der Waals surface area contributed by atoms with E-state index in [1.807, 2.05) is 48.0 Å². The molecule has 0 unspecified atom stereocenters. The van der Waals surface area contributed by atoms with Crippen LogP contribution in [0.25, 0.3) is 0 Å². The highest BCUT2D eigenvalue weighted by Crippen LogP contribution is 2.22. The van der Waals surface area contributed by atoms with Gasteiger partial charge in [-0.1, -0.05) is 42.5 Å². The first-order chi connectivity index (χ1) is 14.2. The second kappa shape index (κ2) is 8.95. The third kappa shape index (κ3) is 4.50. The molecular weight excluding hydrogens is 360 g/mol. The fourth-order valence-electron chi connectivity index (χ4n) is 4.04. The summed E-state index contributed by atoms with van der Waals surface area (Å²) in [5.41, 5.74) is 3.32. The molecule has 0 radical (unpaired) electrons. The molecule has 1 N–H and O–H groups in total. The number of nitrogens with one attached hydrogen (secondary N) is 1. The topological polar surface area (TPSA) is 50.2 Å². The summed E-state index contributed by atoms with van der Waals surface area (Å²) in [5.74, 6) is 0.793. The Kier molecular flexibility index (Phi) is 5.94. The molecular formula is C24H28N4O. The summed E-state index contributed by atoms with van der Waals surface area (Å²) in [6, 6.07) is 18.0. The molecule has 1 aliphatic rings. The summed E-state index contributed by atoms with van der Waals surface area (Å²) >= 11 is 0. The molecule has 29 heavy (non-hydrogen) atoms. The van der Waals surface area contributed by atoms with Crippen LogP contribution in [0.5, 0.6) is 0 Å². The van der Waals surface area contributed by atoms with Gasteiger partial charge in [-0.3, -0.25) is 4.79 Å². The molecule has 1 aliphatic heterocycles. The number of aryl methyl sites for hydroxylation is 1. The van der Waals surface area contributed by atoms with Crippen LogP contribution in [0, 0.1) is 6.92 Å². The van der Waals surface area contributed by atoms with Gasteiger partial charge in [0.2, 0.25) is 5.91 Å². The number of aromatic nitrogens is 2. The monoisotopic (exact) mass is 388 g/mol. The number of carbonyl (C=O) groups excluding carboxylic acids is 1. The molecule has 5 nitrogen and oxygen atoms in total. The number of rotatable bonds is 6. The van der Waals surface area contributed by atoms with E-state index >= 15 is 0 Å². The lowest BCUT2D eigenvalue weighted by Gasteiger charge is -2.29. The molecule has 1 aromatic heterocycles. The Morgan fingerprint density at radius 1 is 1.07 bits per heavy atom. The molecule has 0 bridgehead atoms. The third-order valence-corrected chi connectivity index (χ3v) is 5.60. The number of imidazole rings is 1. The van der Waals surface area contributed by atoms with Crippen LogP contribution in [0.1, 0.15) is 42.3 Å². The molecule has 5 heteroatoms. The van der Waals surface area contributed by atoms with Crippen LogP contribution in [0.2, 0.25) is 0 Å². The van der Waals surface area contributed by atoms with Crippen molar-refractivity contribution in [1.29, 1.82) is 0 Å². The molecule has 4 rings (SSSR count). The number of hydrogen-bond acceptors (Lipinski definition) is 3. The van der Waals surface area contributed by atoms with Crippen LogP contribution in [0.4, 0.5) is 5.69 Å². The zero-order valence-electron chi connectivity index (χ0n) is 16.9. The van der Waals surface area contributed by atoms with Crippen LogP contribution in [0.15, 0.2) is 67.0 Å². The van der Waals surface area contributed by atoms with E-state index in [1.54, 1.807) is 6.20 Å². The molecule has 1 amide bonds. The maximum Gasteiger partial charge on any atom is 0.248 e. The normalized spacial score (nSPS) is 15.1. The van der Waals surface area contributed by atoms with Crippen molar-refractivity contribution in [1.82, 2.24) is 14.9 Å². The Bertz CT molecular complexity index is 944. The summed E-state index contributed by atoms with van der Waals surface area (Å²) in [4.78, 5) is 19.9. The minimum absolute atomic E-state index is 0.0272. The quantitative estimate of drug-likeness (QED) is 0.692. The van der Waals surface area contributed by atoms with Gasteiger partial charge in [-0.05, 0) is 49.4 Å². The fraction of sp³-hybridized carbons (Fsp3) is 0.333. The van der Waals surface area contributed by atoms with Crippen molar-refractivity contribution in [3.8, 4) is 0 Å². The van der Waals surface area contributed by atoms with Gasteiger partial charge >= 0.3 is 0 Å². The van der Waals surface area contributed by atoms with Gasteiger partial charge in [-0.2, -0.15) is 0 Å². The fourth-order valence-corrected chi connectivity index (χ4v) is 4.04. The zero-order valence-corrected chi connectivity index (χ0v) is 16.9. The summed E-state index contributed by atoms with van der Waals surface area (Å²) in [6.07, 6.45) is 7.43. The third-order valence-electron chi connectivity index (χ3n) is 5.60. The number of hydrogen-bond donors (Lipinski definition) is 1. The van der Waals surface area contributed by atoms with E-state index in [4.69, 9.17) is 0 Å². The van der Waals surface area contributed by atoms with E-state index in [0.717, 1.165) is 30.0 Å². The minimum atomic E-state index is -0.427. The van der Waals surface area contributed by atoms with E-state index in [1.165, 1.54) is 24.9 Å². The van der Waals surface area contributed by atoms with Crippen LogP contribution in [-0.4, -0.2) is 28.5 Å². The van der Waals surface area contributed by atoms with Gasteiger partial charge in [0.25, 0.3) is 0 Å². The lowest BCUT2D eigenvalue weighted by Crippen LogP contribution is -2.33. The Morgan fingerprint density at radius 2 is 1.86 bits per heavy atom. The lowest BCUT2D eigenvalue weighted by molar-refractivity contribution is -0.123. The van der Waals surface area contributed by atoms with Crippen LogP contribution in [0.3, 0.4) is 0 Å². The molecule has 1 saturated heterocycles. The van der Waals surface area contributed by atoms with Crippen molar-refractivity contribution in [2.75, 3.05) is 18.0 Å². The molecule has 3 aromatic rings. The molecule has 0 spiro atoms. The Labute approximate surface area is 172 Å². The first kappa shape index (κ1) is 19.2. The number of nitrogens with zero attached hydrogens (tertiary/aromatic N) is 3. The maximum absolute atomic E-state index is 13.2. The highest BCUT2D eigenvalue weighted by atomic mass is 16.2. The average Bonchev–Trinajstić information content (AvgIpc) is 3.19. The molecule has 1 fully saturated rings. The Hall–Kier alpha value is -3.08. The van der Waals surface area contributed by atoms with E-state index in [0.29, 0.717) is 6.54 Å². The van der Waals surface area contributed by atoms with Crippen molar-refractivity contribution in [3.63, 3.8) is 0 Å². The molecule has 2 aromatic carbocycles. The van der Waals surface area contributed by atoms with E-state index in [2.05, 4.69) is 39.5 Å². The van der Waals surface area contributed by atoms with E-state index < -0.39 is 6.04 Å². The number of anilines is 1.